The molecular formula is C45H38F24N2O7. The molecule has 33 heteroatoms. The van der Waals surface area contributed by atoms with Crippen molar-refractivity contribution < 1.29 is 139 Å². The Balaban J connectivity index is 0.000000693. The summed E-state index contributed by atoms with van der Waals surface area (Å²) in [6.07, 6.45) is -52.5. The van der Waals surface area contributed by atoms with E-state index >= 15 is 0 Å². The highest BCUT2D eigenvalue weighted by Crippen LogP contribution is 2.45. The van der Waals surface area contributed by atoms with Crippen LogP contribution in [0.5, 0.6) is 23.0 Å². The number of rotatable bonds is 17. The molecule has 0 spiro atoms. The Morgan fingerprint density at radius 1 is 0.487 bits per heavy atom. The van der Waals surface area contributed by atoms with Crippen molar-refractivity contribution in [3.8, 4) is 29.1 Å². The van der Waals surface area contributed by atoms with Crippen LogP contribution in [-0.4, -0.2) is 92.0 Å². The minimum absolute atomic E-state index is 0. The summed E-state index contributed by atoms with van der Waals surface area (Å²) in [4.78, 5) is 9.10. The van der Waals surface area contributed by atoms with Crippen molar-refractivity contribution >= 4 is 6.29 Å². The molecule has 0 fully saturated rings. The van der Waals surface area contributed by atoms with Crippen molar-refractivity contribution in [2.45, 2.75) is 106 Å². The Morgan fingerprint density at radius 3 is 1.05 bits per heavy atom. The maximum Gasteiger partial charge on any atom is 0.573 e. The maximum absolute atomic E-state index is 13.4. The van der Waals surface area contributed by atoms with Crippen molar-refractivity contribution in [2.75, 3.05) is 13.1 Å². The fraction of sp³-hybridized carbons (Fsp3) is 0.422. The van der Waals surface area contributed by atoms with Gasteiger partial charge in [-0.15, -0.1) is 52.7 Å². The second-order valence-electron chi connectivity index (χ2n) is 15.5. The van der Waals surface area contributed by atoms with Crippen molar-refractivity contribution in [1.82, 2.24) is 5.32 Å². The van der Waals surface area contributed by atoms with E-state index in [4.69, 9.17) is 4.79 Å². The summed E-state index contributed by atoms with van der Waals surface area (Å²) in [5.41, 5.74) is -6.71. The first kappa shape index (κ1) is 69.5. The van der Waals surface area contributed by atoms with Gasteiger partial charge in [-0.3, -0.25) is 0 Å². The van der Waals surface area contributed by atoms with Crippen LogP contribution in [0.4, 0.5) is 105 Å². The Hall–Kier alpha value is -6.56. The second-order valence-corrected chi connectivity index (χ2v) is 15.5. The van der Waals surface area contributed by atoms with E-state index in [0.29, 0.717) is 24.3 Å². The molecule has 0 bridgehead atoms. The second kappa shape index (κ2) is 26.9. The number of carbonyl (C=O) groups is 1. The van der Waals surface area contributed by atoms with Gasteiger partial charge in [0.1, 0.15) is 34.7 Å². The van der Waals surface area contributed by atoms with Gasteiger partial charge >= 0.3 is 50.2 Å². The smallest absolute Gasteiger partial charge is 0.406 e. The molecule has 4 aromatic carbocycles. The molecular weight excluding hydrogens is 1140 g/mol. The largest absolute Gasteiger partial charge is 0.573 e. The van der Waals surface area contributed by atoms with Crippen molar-refractivity contribution in [3.63, 3.8) is 0 Å². The number of hydrogen-bond donors (Lipinski definition) is 3. The molecule has 4 rings (SSSR count). The number of aldehydes is 1. The van der Waals surface area contributed by atoms with Gasteiger partial charge in [-0.2, -0.15) is 57.9 Å². The summed E-state index contributed by atoms with van der Waals surface area (Å²) in [6, 6.07) is 14.8. The summed E-state index contributed by atoms with van der Waals surface area (Å²) in [5, 5.41) is 31.5. The SMILES string of the molecule is C.N#CC(C[C@H](O)C(F)(F)F)(c1cccc(OC(F)(F)F)c1)c1cccc(OC(F)(F)F)c1.O=CCC(F)(F)F.O[C@@H](CC(CNCCC(F)(F)F)(c1cccc(OC(F)(F)F)c1)c1cccc(OC(F)(F)F)c1)C(F)(F)F. The quantitative estimate of drug-likeness (QED) is 0.0537. The Morgan fingerprint density at radius 2 is 0.795 bits per heavy atom. The number of ether oxygens (including phenoxy) is 4. The van der Waals surface area contributed by atoms with Crippen molar-refractivity contribution in [1.29, 1.82) is 5.26 Å². The number of nitrogens with one attached hydrogen (secondary N) is 1. The van der Waals surface area contributed by atoms with Gasteiger partial charge in [-0.1, -0.05) is 56.0 Å². The first-order valence-electron chi connectivity index (χ1n) is 20.5. The molecule has 0 saturated carbocycles. The number of aliphatic hydroxyl groups is 2. The first-order chi connectivity index (χ1) is 34.8. The van der Waals surface area contributed by atoms with Crippen LogP contribution >= 0.6 is 0 Å². The van der Waals surface area contributed by atoms with Gasteiger partial charge in [0.15, 0.2) is 12.2 Å². The Labute approximate surface area is 423 Å². The molecule has 0 heterocycles. The molecule has 0 unspecified atom stereocenters. The highest BCUT2D eigenvalue weighted by Gasteiger charge is 2.49. The molecule has 0 aromatic heterocycles. The predicted octanol–water partition coefficient (Wildman–Crippen LogP) is 14.0. The maximum atomic E-state index is 13.4. The molecule has 0 aliphatic rings. The normalized spacial score (nSPS) is 13.7. The summed E-state index contributed by atoms with van der Waals surface area (Å²) in [5.74, 6) is -3.64. The molecule has 0 aliphatic heterocycles. The molecule has 78 heavy (non-hydrogen) atoms. The fourth-order valence-corrected chi connectivity index (χ4v) is 6.63. The first-order valence-corrected chi connectivity index (χ1v) is 20.5. The van der Waals surface area contributed by atoms with Gasteiger partial charge in [-0.25, -0.2) is 0 Å². The summed E-state index contributed by atoms with van der Waals surface area (Å²) >= 11 is 0. The monoisotopic (exact) mass is 1170 g/mol. The van der Waals surface area contributed by atoms with E-state index in [2.05, 4.69) is 24.3 Å². The van der Waals surface area contributed by atoms with E-state index in [1.165, 1.54) is 6.07 Å². The van der Waals surface area contributed by atoms with Crippen LogP contribution in [0.2, 0.25) is 0 Å². The van der Waals surface area contributed by atoms with Gasteiger partial charge in [-0.05, 0) is 77.2 Å². The number of aliphatic hydroxyl groups excluding tert-OH is 2. The number of halogens is 24. The van der Waals surface area contributed by atoms with Crippen molar-refractivity contribution in [3.05, 3.63) is 119 Å². The Kier molecular flexibility index (Phi) is 23.9. The van der Waals surface area contributed by atoms with Crippen LogP contribution in [0.25, 0.3) is 0 Å². The molecule has 9 nitrogen and oxygen atoms in total. The average molecular weight is 1170 g/mol. The highest BCUT2D eigenvalue weighted by atomic mass is 19.4. The zero-order valence-corrected chi connectivity index (χ0v) is 37.7. The lowest BCUT2D eigenvalue weighted by Gasteiger charge is -2.38. The zero-order valence-electron chi connectivity index (χ0n) is 37.7. The Bertz CT molecular complexity index is 2410. The molecule has 4 aromatic rings. The van der Waals surface area contributed by atoms with E-state index in [1.807, 2.05) is 0 Å². The minimum atomic E-state index is -5.31. The zero-order chi connectivity index (χ0) is 59.3. The third kappa shape index (κ3) is 24.4. The predicted molar refractivity (Wildman–Crippen MR) is 220 cm³/mol. The van der Waals surface area contributed by atoms with E-state index < -0.39 is 157 Å². The summed E-state index contributed by atoms with van der Waals surface area (Å²) in [6.45, 7) is -1.74. The molecule has 438 valence electrons. The third-order valence-corrected chi connectivity index (χ3v) is 9.68. The van der Waals surface area contributed by atoms with Crippen LogP contribution in [0, 0.1) is 11.3 Å². The van der Waals surface area contributed by atoms with Crippen molar-refractivity contribution in [2.24, 2.45) is 0 Å². The van der Waals surface area contributed by atoms with Crippen LogP contribution in [0.1, 0.15) is 55.4 Å². The van der Waals surface area contributed by atoms with Gasteiger partial charge in [0, 0.05) is 24.9 Å². The fourth-order valence-electron chi connectivity index (χ4n) is 6.63. The molecule has 2 atom stereocenters. The van der Waals surface area contributed by atoms with Crippen LogP contribution in [-0.2, 0) is 15.6 Å². The molecule has 0 aliphatic carbocycles. The van der Waals surface area contributed by atoms with E-state index in [-0.39, 0.29) is 13.7 Å². The molecule has 0 saturated heterocycles. The number of benzene rings is 4. The van der Waals surface area contributed by atoms with E-state index in [1.54, 1.807) is 0 Å². The van der Waals surface area contributed by atoms with Gasteiger partial charge in [0.2, 0.25) is 0 Å². The lowest BCUT2D eigenvalue weighted by atomic mass is 9.70. The lowest BCUT2D eigenvalue weighted by Crippen LogP contribution is -2.46. The van der Waals surface area contributed by atoms with E-state index in [9.17, 15) is 121 Å². The molecule has 0 amide bonds. The minimum Gasteiger partial charge on any atom is -0.406 e. The number of nitrogens with zero attached hydrogens (tertiary/aromatic N) is 1. The van der Waals surface area contributed by atoms with Gasteiger partial charge < -0.3 is 39.3 Å². The standard InChI is InChI=1S/C22H19F12NO3.C19H12F9NO3.C3H3F3O.CH4/c23-19(24,25)7-8-35-12-18(11-17(36)20(26,27)28,13-3-1-5-15(9-13)37-21(29,30)31)14-4-2-6-16(10-14)38-22(32,33)34;20-17(21,22)15(30)9-16(10-29,11-3-1-5-13(7-11)31-18(23,24)25)12-4-2-6-14(8-12)32-19(26,27)28;4-3(5,6)1-2-7;/h1-6,9-10,17,35-36H,7-8,11-12H2;1-8,15,30H,9H2;2H,1H2;1H4/t17-;15-;;/m00../s1. The number of nitriles is 1. The topological polar surface area (TPSA) is 130 Å². The van der Waals surface area contributed by atoms with Gasteiger partial charge in [0.25, 0.3) is 0 Å². The van der Waals surface area contributed by atoms with Crippen LogP contribution in [0.15, 0.2) is 97.1 Å². The van der Waals surface area contributed by atoms with Gasteiger partial charge in [0.05, 0.1) is 18.9 Å². The highest BCUT2D eigenvalue weighted by molar-refractivity contribution is 5.51. The summed E-state index contributed by atoms with van der Waals surface area (Å²) in [7, 11) is 0. The molecule has 0 radical (unpaired) electrons. The van der Waals surface area contributed by atoms with Crippen LogP contribution in [0.3, 0.4) is 0 Å². The average Bonchev–Trinajstić information content (AvgIpc) is 3.23. The summed E-state index contributed by atoms with van der Waals surface area (Å²) < 4.78 is 317. The lowest BCUT2D eigenvalue weighted by molar-refractivity contribution is -0.275. The number of carbonyl (C=O) groups excluding carboxylic acids is 1. The number of alkyl halides is 24. The van der Waals surface area contributed by atoms with E-state index in [0.717, 1.165) is 72.8 Å². The van der Waals surface area contributed by atoms with Crippen LogP contribution < -0.4 is 24.3 Å². The molecule has 3 N–H and O–H groups in total. The number of hydrogen-bond acceptors (Lipinski definition) is 9. The third-order valence-electron chi connectivity index (χ3n) is 9.68.